The molecule has 0 saturated heterocycles. The van der Waals surface area contributed by atoms with E-state index in [1.165, 1.54) is 0 Å². The number of carbonyl (C=O) groups is 1. The van der Waals surface area contributed by atoms with Gasteiger partial charge in [-0.1, -0.05) is 12.1 Å². The molecule has 1 saturated carbocycles. The van der Waals surface area contributed by atoms with E-state index in [0.717, 1.165) is 30.6 Å². The van der Waals surface area contributed by atoms with E-state index in [0.29, 0.717) is 18.8 Å². The number of hydrogen-bond donors (Lipinski definition) is 2. The second-order valence-electron chi connectivity index (χ2n) is 7.05. The van der Waals surface area contributed by atoms with Crippen LogP contribution in [0.15, 0.2) is 36.1 Å². The Morgan fingerprint density at radius 3 is 2.63 bits per heavy atom. The summed E-state index contributed by atoms with van der Waals surface area (Å²) in [6.45, 7) is 2.52. The summed E-state index contributed by atoms with van der Waals surface area (Å²) in [6.07, 6.45) is 4.83. The SMILES string of the molecule is CCO[C@@H]1OC(C(=O)NC2CC2)=C[C@H](c2ccc(OC)cc2)[C@H]1CCCO. The van der Waals surface area contributed by atoms with Crippen molar-refractivity contribution < 1.29 is 24.1 Å². The number of allylic oxidation sites excluding steroid dienone is 1. The average Bonchev–Trinajstić information content (AvgIpc) is 3.50. The first-order chi connectivity index (χ1) is 13.2. The smallest absolute Gasteiger partial charge is 0.286 e. The van der Waals surface area contributed by atoms with Gasteiger partial charge in [-0.2, -0.15) is 0 Å². The summed E-state index contributed by atoms with van der Waals surface area (Å²) in [5, 5.41) is 12.3. The zero-order valence-corrected chi connectivity index (χ0v) is 16.0. The third-order valence-corrected chi connectivity index (χ3v) is 5.05. The molecular weight excluding hydrogens is 346 g/mol. The van der Waals surface area contributed by atoms with E-state index in [-0.39, 0.29) is 30.4 Å². The van der Waals surface area contributed by atoms with E-state index in [1.54, 1.807) is 7.11 Å². The normalized spacial score (nSPS) is 24.7. The molecule has 0 aromatic heterocycles. The molecule has 2 aliphatic rings. The lowest BCUT2D eigenvalue weighted by Crippen LogP contribution is -2.39. The second kappa shape index (κ2) is 9.24. The molecule has 2 N–H and O–H groups in total. The predicted molar refractivity (Wildman–Crippen MR) is 101 cm³/mol. The van der Waals surface area contributed by atoms with Crippen molar-refractivity contribution in [3.63, 3.8) is 0 Å². The van der Waals surface area contributed by atoms with Gasteiger partial charge in [0.05, 0.1) is 7.11 Å². The number of amides is 1. The van der Waals surface area contributed by atoms with Gasteiger partial charge < -0.3 is 24.6 Å². The molecule has 0 spiro atoms. The maximum Gasteiger partial charge on any atom is 0.286 e. The van der Waals surface area contributed by atoms with Gasteiger partial charge in [-0.05, 0) is 56.4 Å². The van der Waals surface area contributed by atoms with E-state index < -0.39 is 6.29 Å². The summed E-state index contributed by atoms with van der Waals surface area (Å²) in [6, 6.07) is 8.12. The van der Waals surface area contributed by atoms with Gasteiger partial charge in [-0.25, -0.2) is 0 Å². The molecule has 1 aliphatic heterocycles. The van der Waals surface area contributed by atoms with Gasteiger partial charge in [-0.3, -0.25) is 4.79 Å². The Bertz CT molecular complexity index is 653. The minimum atomic E-state index is -0.515. The first-order valence-electron chi connectivity index (χ1n) is 9.72. The summed E-state index contributed by atoms with van der Waals surface area (Å²) in [7, 11) is 1.64. The third kappa shape index (κ3) is 5.02. The van der Waals surface area contributed by atoms with Crippen LogP contribution in [0.5, 0.6) is 5.75 Å². The van der Waals surface area contributed by atoms with E-state index in [4.69, 9.17) is 14.2 Å². The Balaban J connectivity index is 1.90. The zero-order chi connectivity index (χ0) is 19.2. The fourth-order valence-electron chi connectivity index (χ4n) is 3.46. The Hall–Kier alpha value is -2.05. The topological polar surface area (TPSA) is 77.0 Å². The minimum Gasteiger partial charge on any atom is -0.497 e. The second-order valence-corrected chi connectivity index (χ2v) is 7.05. The number of carbonyl (C=O) groups excluding carboxylic acids is 1. The molecule has 1 amide bonds. The molecule has 1 aromatic rings. The first-order valence-corrected chi connectivity index (χ1v) is 9.72. The highest BCUT2D eigenvalue weighted by Crippen LogP contribution is 2.40. The Morgan fingerprint density at radius 1 is 1.30 bits per heavy atom. The van der Waals surface area contributed by atoms with E-state index in [2.05, 4.69) is 5.32 Å². The molecule has 1 heterocycles. The van der Waals surface area contributed by atoms with Crippen LogP contribution in [0, 0.1) is 5.92 Å². The quantitative estimate of drug-likeness (QED) is 0.694. The van der Waals surface area contributed by atoms with Crippen LogP contribution < -0.4 is 10.1 Å². The minimum absolute atomic E-state index is 0.0166. The fourth-order valence-corrected chi connectivity index (χ4v) is 3.46. The maximum absolute atomic E-state index is 12.6. The Labute approximate surface area is 160 Å². The number of hydrogen-bond acceptors (Lipinski definition) is 5. The van der Waals surface area contributed by atoms with Crippen molar-refractivity contribution in [3.05, 3.63) is 41.7 Å². The molecular formula is C21H29NO5. The molecule has 6 heteroatoms. The molecule has 1 aliphatic carbocycles. The van der Waals surface area contributed by atoms with Gasteiger partial charge in [0.1, 0.15) is 5.75 Å². The highest BCUT2D eigenvalue weighted by Gasteiger charge is 2.38. The lowest BCUT2D eigenvalue weighted by molar-refractivity contribution is -0.166. The number of nitrogens with one attached hydrogen (secondary N) is 1. The first kappa shape index (κ1) is 19.7. The van der Waals surface area contributed by atoms with Crippen molar-refractivity contribution in [2.24, 2.45) is 5.92 Å². The standard InChI is InChI=1S/C21H29NO5/c1-3-26-21-17(5-4-12-23)18(14-6-10-16(25-2)11-7-14)13-19(27-21)20(24)22-15-8-9-15/h6-7,10-11,13,15,17-18,21,23H,3-5,8-9,12H2,1-2H3,(H,22,24)/t17-,18-,21-/m1/s1. The number of aliphatic hydroxyl groups is 1. The molecule has 27 heavy (non-hydrogen) atoms. The van der Waals surface area contributed by atoms with Crippen LogP contribution >= 0.6 is 0 Å². The van der Waals surface area contributed by atoms with Crippen LogP contribution in [0.1, 0.15) is 44.1 Å². The van der Waals surface area contributed by atoms with Gasteiger partial charge in [0.2, 0.25) is 6.29 Å². The van der Waals surface area contributed by atoms with Crippen LogP contribution in [0.3, 0.4) is 0 Å². The van der Waals surface area contributed by atoms with Crippen LogP contribution in [0.2, 0.25) is 0 Å². The Kier molecular flexibility index (Phi) is 6.74. The van der Waals surface area contributed by atoms with E-state index in [1.807, 2.05) is 37.3 Å². The van der Waals surface area contributed by atoms with Gasteiger partial charge >= 0.3 is 0 Å². The molecule has 3 atom stereocenters. The highest BCUT2D eigenvalue weighted by atomic mass is 16.7. The van der Waals surface area contributed by atoms with Gasteiger partial charge in [0.25, 0.3) is 5.91 Å². The summed E-state index contributed by atoms with van der Waals surface area (Å²) in [4.78, 5) is 12.6. The number of methoxy groups -OCH3 is 1. The predicted octanol–water partition coefficient (Wildman–Crippen LogP) is 2.72. The van der Waals surface area contributed by atoms with Crippen LogP contribution in [0.25, 0.3) is 0 Å². The van der Waals surface area contributed by atoms with Crippen molar-refractivity contribution in [2.75, 3.05) is 20.3 Å². The zero-order valence-electron chi connectivity index (χ0n) is 16.0. The molecule has 3 rings (SSSR count). The monoisotopic (exact) mass is 375 g/mol. The number of aliphatic hydroxyl groups excluding tert-OH is 1. The van der Waals surface area contributed by atoms with Gasteiger partial charge in [0.15, 0.2) is 5.76 Å². The van der Waals surface area contributed by atoms with Crippen molar-refractivity contribution in [1.82, 2.24) is 5.32 Å². The van der Waals surface area contributed by atoms with Crippen molar-refractivity contribution >= 4 is 5.91 Å². The molecule has 6 nitrogen and oxygen atoms in total. The van der Waals surface area contributed by atoms with E-state index >= 15 is 0 Å². The van der Waals surface area contributed by atoms with Crippen LogP contribution in [-0.4, -0.2) is 43.7 Å². The molecule has 0 radical (unpaired) electrons. The summed E-state index contributed by atoms with van der Waals surface area (Å²) in [5.41, 5.74) is 1.07. The summed E-state index contributed by atoms with van der Waals surface area (Å²) < 4.78 is 17.0. The van der Waals surface area contributed by atoms with Crippen molar-refractivity contribution in [3.8, 4) is 5.75 Å². The molecule has 0 bridgehead atoms. The summed E-state index contributed by atoms with van der Waals surface area (Å²) in [5.74, 6) is 0.910. The largest absolute Gasteiger partial charge is 0.497 e. The van der Waals surface area contributed by atoms with Crippen LogP contribution in [0.4, 0.5) is 0 Å². The lowest BCUT2D eigenvalue weighted by atomic mass is 9.80. The molecule has 1 fully saturated rings. The third-order valence-electron chi connectivity index (χ3n) is 5.05. The van der Waals surface area contributed by atoms with Crippen molar-refractivity contribution in [1.29, 1.82) is 0 Å². The summed E-state index contributed by atoms with van der Waals surface area (Å²) >= 11 is 0. The number of ether oxygens (including phenoxy) is 3. The lowest BCUT2D eigenvalue weighted by Gasteiger charge is -2.37. The van der Waals surface area contributed by atoms with Crippen molar-refractivity contribution in [2.45, 2.75) is 50.9 Å². The molecule has 148 valence electrons. The van der Waals surface area contributed by atoms with E-state index in [9.17, 15) is 9.90 Å². The fraction of sp³-hybridized carbons (Fsp3) is 0.571. The van der Waals surface area contributed by atoms with Gasteiger partial charge in [-0.15, -0.1) is 0 Å². The number of rotatable bonds is 9. The Morgan fingerprint density at radius 2 is 2.04 bits per heavy atom. The average molecular weight is 375 g/mol. The molecule has 0 unspecified atom stereocenters. The number of benzene rings is 1. The van der Waals surface area contributed by atoms with Crippen LogP contribution in [-0.2, 0) is 14.3 Å². The van der Waals surface area contributed by atoms with Gasteiger partial charge in [0, 0.05) is 31.1 Å². The maximum atomic E-state index is 12.6. The highest BCUT2D eigenvalue weighted by molar-refractivity contribution is 5.92. The molecule has 1 aromatic carbocycles.